The molecule has 4 rings (SSSR count). The Morgan fingerprint density at radius 3 is 2.92 bits per heavy atom. The summed E-state index contributed by atoms with van der Waals surface area (Å²) >= 11 is 0. The average molecular weight is 340 g/mol. The number of nitrogens with two attached hydrogens (primary N) is 1. The summed E-state index contributed by atoms with van der Waals surface area (Å²) in [7, 11) is 1.56. The molecule has 0 spiro atoms. The maximum atomic E-state index is 5.95. The summed E-state index contributed by atoms with van der Waals surface area (Å²) in [6.45, 7) is 2.12. The number of ether oxygens (including phenoxy) is 3. The van der Waals surface area contributed by atoms with E-state index in [9.17, 15) is 0 Å². The second-order valence-electron chi connectivity index (χ2n) is 5.44. The quantitative estimate of drug-likeness (QED) is 0.742. The lowest BCUT2D eigenvalue weighted by Gasteiger charge is -2.08. The zero-order chi connectivity index (χ0) is 17.4. The van der Waals surface area contributed by atoms with Crippen LogP contribution >= 0.6 is 0 Å². The Kier molecular flexibility index (Phi) is 3.53. The maximum absolute atomic E-state index is 5.95. The molecule has 0 saturated heterocycles. The van der Waals surface area contributed by atoms with Gasteiger partial charge < -0.3 is 25.3 Å². The van der Waals surface area contributed by atoms with Gasteiger partial charge in [-0.05, 0) is 18.6 Å². The Bertz CT molecular complexity index is 922. The highest BCUT2D eigenvalue weighted by atomic mass is 16.7. The Labute approximate surface area is 143 Å². The summed E-state index contributed by atoms with van der Waals surface area (Å²) in [6.07, 6.45) is 1.74. The van der Waals surface area contributed by atoms with E-state index >= 15 is 0 Å². The molecule has 0 aliphatic carbocycles. The van der Waals surface area contributed by atoms with E-state index in [1.54, 1.807) is 25.4 Å². The first-order valence-corrected chi connectivity index (χ1v) is 7.54. The van der Waals surface area contributed by atoms with E-state index in [4.69, 9.17) is 19.9 Å². The maximum Gasteiger partial charge on any atom is 0.248 e. The third-order valence-electron chi connectivity index (χ3n) is 3.66. The van der Waals surface area contributed by atoms with Crippen LogP contribution in [0.2, 0.25) is 0 Å². The van der Waals surface area contributed by atoms with Crippen LogP contribution in [0.15, 0.2) is 30.5 Å². The lowest BCUT2D eigenvalue weighted by molar-refractivity contribution is 0.171. The van der Waals surface area contributed by atoms with Gasteiger partial charge in [-0.3, -0.25) is 0 Å². The number of aryl methyl sites for hydroxylation is 1. The predicted molar refractivity (Wildman–Crippen MR) is 90.7 cm³/mol. The summed E-state index contributed by atoms with van der Waals surface area (Å²) < 4.78 is 17.6. The van der Waals surface area contributed by atoms with Crippen LogP contribution in [0.3, 0.4) is 0 Å². The van der Waals surface area contributed by atoms with E-state index in [2.05, 4.69) is 20.4 Å². The number of benzene rings is 1. The third-order valence-corrected chi connectivity index (χ3v) is 3.66. The predicted octanol–water partition coefficient (Wildman–Crippen LogP) is 2.03. The van der Waals surface area contributed by atoms with Crippen LogP contribution < -0.4 is 25.3 Å². The van der Waals surface area contributed by atoms with E-state index in [0.29, 0.717) is 34.7 Å². The van der Waals surface area contributed by atoms with Crippen LogP contribution in [-0.4, -0.2) is 33.7 Å². The normalized spacial score (nSPS) is 12.2. The molecule has 3 heterocycles. The summed E-state index contributed by atoms with van der Waals surface area (Å²) in [6, 6.07) is 7.31. The van der Waals surface area contributed by atoms with Crippen molar-refractivity contribution in [1.29, 1.82) is 0 Å². The highest BCUT2D eigenvalue weighted by molar-refractivity contribution is 5.66. The molecule has 0 bridgehead atoms. The fourth-order valence-electron chi connectivity index (χ4n) is 2.46. The molecule has 2 aromatic heterocycles. The minimum Gasteiger partial charge on any atom is -0.493 e. The molecule has 1 aromatic carbocycles. The van der Waals surface area contributed by atoms with E-state index in [1.165, 1.54) is 4.68 Å². The van der Waals surface area contributed by atoms with Crippen molar-refractivity contribution in [3.05, 3.63) is 36.0 Å². The third kappa shape index (κ3) is 2.75. The molecule has 0 saturated carbocycles. The molecule has 3 aromatic rings. The fourth-order valence-corrected chi connectivity index (χ4v) is 2.46. The Balaban J connectivity index is 1.64. The highest BCUT2D eigenvalue weighted by Gasteiger charge is 2.21. The number of pyridine rings is 1. The van der Waals surface area contributed by atoms with E-state index < -0.39 is 0 Å². The summed E-state index contributed by atoms with van der Waals surface area (Å²) in [5, 5.41) is 7.43. The number of hydrogen-bond acceptors (Lipinski definition) is 8. The van der Waals surface area contributed by atoms with Crippen LogP contribution in [0.5, 0.6) is 17.2 Å². The number of fused-ring (bicyclic) bond motifs is 1. The van der Waals surface area contributed by atoms with Gasteiger partial charge in [0.1, 0.15) is 0 Å². The van der Waals surface area contributed by atoms with Gasteiger partial charge in [0, 0.05) is 24.0 Å². The molecule has 25 heavy (non-hydrogen) atoms. The van der Waals surface area contributed by atoms with Crippen molar-refractivity contribution in [2.45, 2.75) is 6.92 Å². The van der Waals surface area contributed by atoms with Crippen LogP contribution in [0.4, 0.5) is 17.6 Å². The van der Waals surface area contributed by atoms with Crippen molar-refractivity contribution < 1.29 is 14.2 Å². The molecule has 0 amide bonds. The van der Waals surface area contributed by atoms with Gasteiger partial charge in [-0.15, -0.1) is 5.10 Å². The van der Waals surface area contributed by atoms with E-state index in [1.807, 2.05) is 19.1 Å². The van der Waals surface area contributed by atoms with Crippen molar-refractivity contribution >= 4 is 17.6 Å². The standard InChI is InChI=1S/C16H16N6O3/c1-9-3-4-13(18-7-9)22-15(17)20-16(21-22)19-10-5-11(23-2)14-12(6-10)24-8-25-14/h3-7H,8H2,1-2H3,(H3,17,19,20,21). The van der Waals surface area contributed by atoms with Gasteiger partial charge in [-0.25, -0.2) is 4.98 Å². The molecular weight excluding hydrogens is 324 g/mol. The van der Waals surface area contributed by atoms with Crippen LogP contribution in [0.25, 0.3) is 5.82 Å². The van der Waals surface area contributed by atoms with E-state index in [-0.39, 0.29) is 12.7 Å². The van der Waals surface area contributed by atoms with E-state index in [0.717, 1.165) is 5.56 Å². The molecule has 0 fully saturated rings. The smallest absolute Gasteiger partial charge is 0.248 e. The molecule has 3 N–H and O–H groups in total. The molecule has 9 heteroatoms. The SMILES string of the molecule is COc1cc(Nc2nc(N)n(-c3ccc(C)cn3)n2)cc2c1OCO2. The minimum absolute atomic E-state index is 0.161. The van der Waals surface area contributed by atoms with Crippen LogP contribution in [0.1, 0.15) is 5.56 Å². The first-order valence-electron chi connectivity index (χ1n) is 7.54. The summed E-state index contributed by atoms with van der Waals surface area (Å²) in [4.78, 5) is 8.52. The van der Waals surface area contributed by atoms with Gasteiger partial charge in [0.2, 0.25) is 24.4 Å². The zero-order valence-corrected chi connectivity index (χ0v) is 13.7. The lowest BCUT2D eigenvalue weighted by Crippen LogP contribution is -2.04. The second-order valence-corrected chi connectivity index (χ2v) is 5.44. The topological polar surface area (TPSA) is 109 Å². The van der Waals surface area contributed by atoms with Crippen molar-refractivity contribution in [3.63, 3.8) is 0 Å². The van der Waals surface area contributed by atoms with Gasteiger partial charge in [0.05, 0.1) is 7.11 Å². The molecule has 0 radical (unpaired) electrons. The molecule has 0 atom stereocenters. The van der Waals surface area contributed by atoms with Crippen molar-refractivity contribution in [2.24, 2.45) is 0 Å². The van der Waals surface area contributed by atoms with Gasteiger partial charge in [-0.2, -0.15) is 9.67 Å². The van der Waals surface area contributed by atoms with Crippen molar-refractivity contribution in [1.82, 2.24) is 19.7 Å². The Morgan fingerprint density at radius 1 is 1.28 bits per heavy atom. The molecule has 0 unspecified atom stereocenters. The second kappa shape index (κ2) is 5.86. The number of aromatic nitrogens is 4. The van der Waals surface area contributed by atoms with Crippen molar-refractivity contribution in [2.75, 3.05) is 25.0 Å². The number of methoxy groups -OCH3 is 1. The fraction of sp³-hybridized carbons (Fsp3) is 0.188. The van der Waals surface area contributed by atoms with Gasteiger partial charge >= 0.3 is 0 Å². The highest BCUT2D eigenvalue weighted by Crippen LogP contribution is 2.43. The number of rotatable bonds is 4. The van der Waals surface area contributed by atoms with Gasteiger partial charge in [0.15, 0.2) is 17.3 Å². The number of anilines is 3. The zero-order valence-electron chi connectivity index (χ0n) is 13.7. The van der Waals surface area contributed by atoms with Gasteiger partial charge in [0.25, 0.3) is 0 Å². The monoisotopic (exact) mass is 340 g/mol. The first kappa shape index (κ1) is 15.1. The number of nitrogens with one attached hydrogen (secondary N) is 1. The Morgan fingerprint density at radius 2 is 2.16 bits per heavy atom. The van der Waals surface area contributed by atoms with Crippen LogP contribution in [-0.2, 0) is 0 Å². The molecule has 9 nitrogen and oxygen atoms in total. The summed E-state index contributed by atoms with van der Waals surface area (Å²) in [5.41, 5.74) is 7.69. The first-order chi connectivity index (χ1) is 12.1. The number of nitrogen functional groups attached to an aromatic ring is 1. The Hall–Kier alpha value is -3.49. The van der Waals surface area contributed by atoms with Gasteiger partial charge in [-0.1, -0.05) is 6.07 Å². The average Bonchev–Trinajstić information content (AvgIpc) is 3.21. The number of nitrogens with zero attached hydrogens (tertiary/aromatic N) is 4. The summed E-state index contributed by atoms with van der Waals surface area (Å²) in [5.74, 6) is 2.88. The number of hydrogen-bond donors (Lipinski definition) is 2. The minimum atomic E-state index is 0.161. The molecule has 1 aliphatic heterocycles. The molecule has 1 aliphatic rings. The van der Waals surface area contributed by atoms with Crippen LogP contribution in [0, 0.1) is 6.92 Å². The largest absolute Gasteiger partial charge is 0.493 e. The molecule has 128 valence electrons. The lowest BCUT2D eigenvalue weighted by atomic mass is 10.2. The molecular formula is C16H16N6O3. The van der Waals surface area contributed by atoms with Crippen molar-refractivity contribution in [3.8, 4) is 23.1 Å².